The van der Waals surface area contributed by atoms with Gasteiger partial charge in [0, 0.05) is 17.2 Å². The predicted octanol–water partition coefficient (Wildman–Crippen LogP) is 2.91. The maximum Gasteiger partial charge on any atom is 0.147 e. The van der Waals surface area contributed by atoms with Crippen LogP contribution in [0.1, 0.15) is 47.5 Å². The van der Waals surface area contributed by atoms with E-state index in [9.17, 15) is 0 Å². The van der Waals surface area contributed by atoms with Crippen molar-refractivity contribution in [1.29, 1.82) is 0 Å². The molecule has 0 spiro atoms. The lowest BCUT2D eigenvalue weighted by atomic mass is 9.83. The number of hydrogen-bond acceptors (Lipinski definition) is 4. The van der Waals surface area contributed by atoms with E-state index in [-0.39, 0.29) is 0 Å². The number of anilines is 1. The zero-order chi connectivity index (χ0) is 14.8. The van der Waals surface area contributed by atoms with E-state index in [0.29, 0.717) is 5.92 Å². The maximum absolute atomic E-state index is 5.63. The fourth-order valence-corrected chi connectivity index (χ4v) is 3.26. The van der Waals surface area contributed by atoms with E-state index in [0.717, 1.165) is 48.6 Å². The first kappa shape index (κ1) is 14.0. The van der Waals surface area contributed by atoms with Crippen molar-refractivity contribution < 1.29 is 0 Å². The van der Waals surface area contributed by atoms with Crippen molar-refractivity contribution in [2.24, 2.45) is 5.84 Å². The molecule has 0 radical (unpaired) electrons. The number of aryl methyl sites for hydroxylation is 2. The Morgan fingerprint density at radius 3 is 2.71 bits per heavy atom. The van der Waals surface area contributed by atoms with E-state index < -0.39 is 0 Å². The van der Waals surface area contributed by atoms with Crippen LogP contribution in [-0.2, 0) is 19.3 Å². The third-order valence-corrected chi connectivity index (χ3v) is 4.43. The number of nitrogens with two attached hydrogens (primary N) is 1. The van der Waals surface area contributed by atoms with Crippen molar-refractivity contribution in [3.63, 3.8) is 0 Å². The standard InChI is InChI=1S/C17H22N4/c1-3-15-11(2)19-16(20-17(15)21-18)14-9-8-12-6-4-5-7-13(12)10-14/h4-7,14H,3,8-10,18H2,1-2H3,(H,19,20,21). The van der Waals surface area contributed by atoms with Crippen LogP contribution < -0.4 is 11.3 Å². The second-order valence-corrected chi connectivity index (χ2v) is 5.70. The van der Waals surface area contributed by atoms with Gasteiger partial charge in [0.15, 0.2) is 0 Å². The molecule has 1 unspecified atom stereocenters. The van der Waals surface area contributed by atoms with E-state index >= 15 is 0 Å². The normalized spacial score (nSPS) is 17.4. The number of hydrazine groups is 1. The quantitative estimate of drug-likeness (QED) is 0.671. The highest BCUT2D eigenvalue weighted by Gasteiger charge is 2.23. The minimum absolute atomic E-state index is 0.386. The van der Waals surface area contributed by atoms with E-state index in [4.69, 9.17) is 10.8 Å². The molecular weight excluding hydrogens is 260 g/mol. The van der Waals surface area contributed by atoms with Gasteiger partial charge >= 0.3 is 0 Å². The predicted molar refractivity (Wildman–Crippen MR) is 85.2 cm³/mol. The van der Waals surface area contributed by atoms with Gasteiger partial charge in [0.05, 0.1) is 0 Å². The summed E-state index contributed by atoms with van der Waals surface area (Å²) in [5.74, 6) is 7.72. The van der Waals surface area contributed by atoms with Gasteiger partial charge < -0.3 is 5.43 Å². The molecule has 1 aliphatic carbocycles. The SMILES string of the molecule is CCc1c(C)nc(C2CCc3ccccc3C2)nc1NN. The fraction of sp³-hybridized carbons (Fsp3) is 0.412. The first-order chi connectivity index (χ1) is 10.2. The van der Waals surface area contributed by atoms with Crippen LogP contribution in [0.4, 0.5) is 5.82 Å². The van der Waals surface area contributed by atoms with Crippen LogP contribution in [0.2, 0.25) is 0 Å². The zero-order valence-corrected chi connectivity index (χ0v) is 12.7. The Balaban J connectivity index is 1.93. The van der Waals surface area contributed by atoms with Gasteiger partial charge in [0.1, 0.15) is 11.6 Å². The smallest absolute Gasteiger partial charge is 0.147 e. The molecule has 1 aromatic heterocycles. The third kappa shape index (κ3) is 2.63. The Hall–Kier alpha value is -1.94. The molecule has 4 nitrogen and oxygen atoms in total. The summed E-state index contributed by atoms with van der Waals surface area (Å²) < 4.78 is 0. The van der Waals surface area contributed by atoms with Gasteiger partial charge in [-0.25, -0.2) is 15.8 Å². The van der Waals surface area contributed by atoms with Crippen LogP contribution in [0.5, 0.6) is 0 Å². The first-order valence-corrected chi connectivity index (χ1v) is 7.63. The molecule has 0 amide bonds. The van der Waals surface area contributed by atoms with Gasteiger partial charge in [-0.3, -0.25) is 0 Å². The van der Waals surface area contributed by atoms with Crippen LogP contribution >= 0.6 is 0 Å². The zero-order valence-electron chi connectivity index (χ0n) is 12.7. The van der Waals surface area contributed by atoms with Crippen molar-refractivity contribution in [1.82, 2.24) is 9.97 Å². The monoisotopic (exact) mass is 282 g/mol. The minimum Gasteiger partial charge on any atom is -0.308 e. The van der Waals surface area contributed by atoms with Gasteiger partial charge in [-0.1, -0.05) is 31.2 Å². The summed E-state index contributed by atoms with van der Waals surface area (Å²) in [6, 6.07) is 8.67. The van der Waals surface area contributed by atoms with Gasteiger partial charge in [-0.05, 0) is 43.7 Å². The number of nitrogens with one attached hydrogen (secondary N) is 1. The molecular formula is C17H22N4. The highest BCUT2D eigenvalue weighted by atomic mass is 15.3. The van der Waals surface area contributed by atoms with Crippen LogP contribution in [0, 0.1) is 6.92 Å². The van der Waals surface area contributed by atoms with E-state index in [1.807, 2.05) is 6.92 Å². The molecule has 1 aliphatic rings. The Bertz CT molecular complexity index is 651. The number of rotatable bonds is 3. The van der Waals surface area contributed by atoms with Gasteiger partial charge in [0.2, 0.25) is 0 Å². The molecule has 1 aromatic carbocycles. The maximum atomic E-state index is 5.63. The van der Waals surface area contributed by atoms with E-state index in [2.05, 4.69) is 41.6 Å². The number of hydrogen-bond donors (Lipinski definition) is 2. The van der Waals surface area contributed by atoms with Crippen molar-refractivity contribution in [3.05, 3.63) is 52.5 Å². The third-order valence-electron chi connectivity index (χ3n) is 4.43. The highest BCUT2D eigenvalue weighted by Crippen LogP contribution is 2.32. The summed E-state index contributed by atoms with van der Waals surface area (Å²) in [7, 11) is 0. The molecule has 0 bridgehead atoms. The van der Waals surface area contributed by atoms with Crippen molar-refractivity contribution in [3.8, 4) is 0 Å². The second kappa shape index (κ2) is 5.82. The number of fused-ring (bicyclic) bond motifs is 1. The summed E-state index contributed by atoms with van der Waals surface area (Å²) in [6.45, 7) is 4.14. The Morgan fingerprint density at radius 2 is 2.00 bits per heavy atom. The molecule has 0 fully saturated rings. The van der Waals surface area contributed by atoms with Crippen LogP contribution in [0.3, 0.4) is 0 Å². The Kier molecular flexibility index (Phi) is 3.88. The summed E-state index contributed by atoms with van der Waals surface area (Å²) in [5.41, 5.74) is 7.77. The average molecular weight is 282 g/mol. The van der Waals surface area contributed by atoms with Crippen molar-refractivity contribution in [2.75, 3.05) is 5.43 Å². The van der Waals surface area contributed by atoms with Gasteiger partial charge in [-0.15, -0.1) is 0 Å². The molecule has 3 rings (SSSR count). The topological polar surface area (TPSA) is 63.8 Å². The fourth-order valence-electron chi connectivity index (χ4n) is 3.26. The summed E-state index contributed by atoms with van der Waals surface area (Å²) in [4.78, 5) is 9.41. The first-order valence-electron chi connectivity index (χ1n) is 7.63. The van der Waals surface area contributed by atoms with Crippen LogP contribution in [0.15, 0.2) is 24.3 Å². The number of benzene rings is 1. The van der Waals surface area contributed by atoms with Crippen molar-refractivity contribution >= 4 is 5.82 Å². The summed E-state index contributed by atoms with van der Waals surface area (Å²) in [6.07, 6.45) is 4.11. The van der Waals surface area contributed by atoms with Crippen LogP contribution in [0.25, 0.3) is 0 Å². The number of nitrogens with zero attached hydrogens (tertiary/aromatic N) is 2. The molecule has 3 N–H and O–H groups in total. The van der Waals surface area contributed by atoms with Crippen molar-refractivity contribution in [2.45, 2.75) is 45.4 Å². The molecule has 0 aliphatic heterocycles. The lowest BCUT2D eigenvalue weighted by Crippen LogP contribution is -2.19. The van der Waals surface area contributed by atoms with E-state index in [1.54, 1.807) is 0 Å². The van der Waals surface area contributed by atoms with Gasteiger partial charge in [0.25, 0.3) is 0 Å². The molecule has 110 valence electrons. The molecule has 4 heteroatoms. The molecule has 1 heterocycles. The Labute approximate surface area is 125 Å². The highest BCUT2D eigenvalue weighted by molar-refractivity contribution is 5.46. The molecule has 0 saturated carbocycles. The molecule has 2 aromatic rings. The van der Waals surface area contributed by atoms with Gasteiger partial charge in [-0.2, -0.15) is 0 Å². The molecule has 0 saturated heterocycles. The van der Waals surface area contributed by atoms with E-state index in [1.165, 1.54) is 11.1 Å². The van der Waals surface area contributed by atoms with Crippen LogP contribution in [-0.4, -0.2) is 9.97 Å². The summed E-state index contributed by atoms with van der Waals surface area (Å²) in [5, 5.41) is 0. The largest absolute Gasteiger partial charge is 0.308 e. The second-order valence-electron chi connectivity index (χ2n) is 5.70. The minimum atomic E-state index is 0.386. The molecule has 1 atom stereocenters. The lowest BCUT2D eigenvalue weighted by molar-refractivity contribution is 0.553. The lowest BCUT2D eigenvalue weighted by Gasteiger charge is -2.24. The Morgan fingerprint density at radius 1 is 1.24 bits per heavy atom. The molecule has 21 heavy (non-hydrogen) atoms. The average Bonchev–Trinajstić information content (AvgIpc) is 2.53. The summed E-state index contributed by atoms with van der Waals surface area (Å²) >= 11 is 0. The number of aromatic nitrogens is 2. The number of nitrogen functional groups attached to an aromatic ring is 1.